The van der Waals surface area contributed by atoms with E-state index in [2.05, 4.69) is 9.88 Å². The van der Waals surface area contributed by atoms with Crippen molar-refractivity contribution < 1.29 is 9.53 Å². The lowest BCUT2D eigenvalue weighted by atomic mass is 10.1. The summed E-state index contributed by atoms with van der Waals surface area (Å²) in [5, 5.41) is 1.50. The third-order valence-electron chi connectivity index (χ3n) is 4.21. The van der Waals surface area contributed by atoms with E-state index in [1.165, 1.54) is 0 Å². The molecule has 0 radical (unpaired) electrons. The van der Waals surface area contributed by atoms with Crippen LogP contribution < -0.4 is 0 Å². The Labute approximate surface area is 147 Å². The summed E-state index contributed by atoms with van der Waals surface area (Å²) in [5.74, 6) is -0.0602. The summed E-state index contributed by atoms with van der Waals surface area (Å²) in [4.78, 5) is 21.2. The fourth-order valence-electron chi connectivity index (χ4n) is 2.87. The molecule has 1 aromatic heterocycles. The lowest BCUT2D eigenvalue weighted by Crippen LogP contribution is -2.46. The fraction of sp³-hybridized carbons (Fsp3) is 0.444. The Hall–Kier alpha value is -1.69. The van der Waals surface area contributed by atoms with Crippen molar-refractivity contribution in [3.8, 4) is 0 Å². The van der Waals surface area contributed by atoms with Gasteiger partial charge in [0.1, 0.15) is 5.69 Å². The third kappa shape index (κ3) is 3.86. The number of pyridine rings is 1. The SMILES string of the molecule is CN(C)CC[C@@H]1CN(C(=O)c2ccc3cccc(Cl)c3n2)CCO1. The van der Waals surface area contributed by atoms with E-state index < -0.39 is 0 Å². The molecule has 2 aromatic rings. The van der Waals surface area contributed by atoms with Gasteiger partial charge in [0.05, 0.1) is 23.3 Å². The van der Waals surface area contributed by atoms with Gasteiger partial charge in [-0.1, -0.05) is 29.8 Å². The number of hydrogen-bond donors (Lipinski definition) is 0. The van der Waals surface area contributed by atoms with Crippen molar-refractivity contribution in [3.05, 3.63) is 41.0 Å². The van der Waals surface area contributed by atoms with Crippen LogP contribution in [0.4, 0.5) is 0 Å². The third-order valence-corrected chi connectivity index (χ3v) is 4.52. The number of carbonyl (C=O) groups is 1. The van der Waals surface area contributed by atoms with Crippen molar-refractivity contribution in [2.75, 3.05) is 40.3 Å². The normalized spacial score (nSPS) is 18.3. The molecule has 128 valence electrons. The first-order chi connectivity index (χ1) is 11.5. The smallest absolute Gasteiger partial charge is 0.272 e. The van der Waals surface area contributed by atoms with E-state index in [-0.39, 0.29) is 12.0 Å². The molecule has 0 bridgehead atoms. The Morgan fingerprint density at radius 3 is 3.00 bits per heavy atom. The van der Waals surface area contributed by atoms with E-state index in [1.807, 2.05) is 37.2 Å². The van der Waals surface area contributed by atoms with Crippen LogP contribution in [-0.2, 0) is 4.74 Å². The van der Waals surface area contributed by atoms with Crippen molar-refractivity contribution in [1.29, 1.82) is 0 Å². The molecule has 5 nitrogen and oxygen atoms in total. The number of aromatic nitrogens is 1. The Morgan fingerprint density at radius 1 is 1.38 bits per heavy atom. The number of carbonyl (C=O) groups excluding carboxylic acids is 1. The molecule has 6 heteroatoms. The van der Waals surface area contributed by atoms with Gasteiger partial charge in [-0.3, -0.25) is 4.79 Å². The van der Waals surface area contributed by atoms with Crippen LogP contribution in [0.5, 0.6) is 0 Å². The highest BCUT2D eigenvalue weighted by Crippen LogP contribution is 2.22. The maximum Gasteiger partial charge on any atom is 0.272 e. The summed E-state index contributed by atoms with van der Waals surface area (Å²) in [7, 11) is 4.07. The standard InChI is InChI=1S/C18H22ClN3O2/c1-21(2)9-8-14-12-22(10-11-24-14)18(23)16-7-6-13-4-3-5-15(19)17(13)20-16/h3-7,14H,8-12H2,1-2H3/t14-/m1/s1. The van der Waals surface area contributed by atoms with Gasteiger partial charge in [-0.15, -0.1) is 0 Å². The minimum Gasteiger partial charge on any atom is -0.374 e. The van der Waals surface area contributed by atoms with Gasteiger partial charge in [0, 0.05) is 25.0 Å². The second kappa shape index (κ2) is 7.47. The molecule has 1 aromatic carbocycles. The molecule has 1 saturated heterocycles. The van der Waals surface area contributed by atoms with Crippen LogP contribution in [0, 0.1) is 0 Å². The van der Waals surface area contributed by atoms with Gasteiger partial charge in [0.25, 0.3) is 5.91 Å². The molecule has 1 amide bonds. The van der Waals surface area contributed by atoms with Crippen molar-refractivity contribution in [3.63, 3.8) is 0 Å². The highest BCUT2D eigenvalue weighted by molar-refractivity contribution is 6.35. The number of nitrogens with zero attached hydrogens (tertiary/aromatic N) is 3. The van der Waals surface area contributed by atoms with Gasteiger partial charge in [-0.2, -0.15) is 0 Å². The minimum absolute atomic E-state index is 0.0602. The van der Waals surface area contributed by atoms with Crippen molar-refractivity contribution in [1.82, 2.24) is 14.8 Å². The second-order valence-corrected chi connectivity index (χ2v) is 6.75. The van der Waals surface area contributed by atoms with Crippen LogP contribution in [0.3, 0.4) is 0 Å². The molecule has 1 aliphatic rings. The van der Waals surface area contributed by atoms with E-state index >= 15 is 0 Å². The molecular weight excluding hydrogens is 326 g/mol. The molecule has 0 aliphatic carbocycles. The molecule has 1 aliphatic heterocycles. The average molecular weight is 348 g/mol. The van der Waals surface area contributed by atoms with Gasteiger partial charge in [0.2, 0.25) is 0 Å². The number of benzene rings is 1. The Morgan fingerprint density at radius 2 is 2.21 bits per heavy atom. The monoisotopic (exact) mass is 347 g/mol. The van der Waals surface area contributed by atoms with Gasteiger partial charge in [0.15, 0.2) is 0 Å². The van der Waals surface area contributed by atoms with Crippen LogP contribution in [-0.4, -0.2) is 67.1 Å². The Kier molecular flexibility index (Phi) is 5.33. The topological polar surface area (TPSA) is 45.7 Å². The summed E-state index contributed by atoms with van der Waals surface area (Å²) >= 11 is 6.20. The zero-order valence-corrected chi connectivity index (χ0v) is 14.8. The molecule has 0 unspecified atom stereocenters. The van der Waals surface area contributed by atoms with Gasteiger partial charge in [-0.25, -0.2) is 4.98 Å². The summed E-state index contributed by atoms with van der Waals surface area (Å²) < 4.78 is 5.77. The van der Waals surface area contributed by atoms with Crippen LogP contribution in [0.25, 0.3) is 10.9 Å². The van der Waals surface area contributed by atoms with E-state index in [1.54, 1.807) is 12.1 Å². The van der Waals surface area contributed by atoms with E-state index in [4.69, 9.17) is 16.3 Å². The average Bonchev–Trinajstić information content (AvgIpc) is 2.60. The van der Waals surface area contributed by atoms with Gasteiger partial charge < -0.3 is 14.5 Å². The van der Waals surface area contributed by atoms with Crippen LogP contribution in [0.2, 0.25) is 5.02 Å². The molecule has 0 saturated carbocycles. The van der Waals surface area contributed by atoms with Crippen LogP contribution in [0.15, 0.2) is 30.3 Å². The molecular formula is C18H22ClN3O2. The first-order valence-electron chi connectivity index (χ1n) is 8.15. The number of fused-ring (bicyclic) bond motifs is 1. The van der Waals surface area contributed by atoms with Crippen LogP contribution >= 0.6 is 11.6 Å². The van der Waals surface area contributed by atoms with E-state index in [9.17, 15) is 4.79 Å². The molecule has 24 heavy (non-hydrogen) atoms. The maximum atomic E-state index is 12.8. The molecule has 0 spiro atoms. The number of hydrogen-bond acceptors (Lipinski definition) is 4. The molecule has 0 N–H and O–H groups in total. The first kappa shape index (κ1) is 17.1. The lowest BCUT2D eigenvalue weighted by Gasteiger charge is -2.33. The van der Waals surface area contributed by atoms with Gasteiger partial charge in [-0.05, 0) is 32.6 Å². The largest absolute Gasteiger partial charge is 0.374 e. The molecule has 1 fully saturated rings. The number of para-hydroxylation sites is 1. The zero-order valence-electron chi connectivity index (χ0n) is 14.0. The number of morpholine rings is 1. The highest BCUT2D eigenvalue weighted by Gasteiger charge is 2.25. The summed E-state index contributed by atoms with van der Waals surface area (Å²) in [6.45, 7) is 2.71. The number of ether oxygens (including phenoxy) is 1. The van der Waals surface area contributed by atoms with E-state index in [0.29, 0.717) is 35.9 Å². The predicted octanol–water partition coefficient (Wildman–Crippen LogP) is 2.68. The zero-order chi connectivity index (χ0) is 17.1. The molecule has 3 rings (SSSR count). The predicted molar refractivity (Wildman–Crippen MR) is 95.6 cm³/mol. The highest BCUT2D eigenvalue weighted by atomic mass is 35.5. The van der Waals surface area contributed by atoms with Gasteiger partial charge >= 0.3 is 0 Å². The first-order valence-corrected chi connectivity index (χ1v) is 8.53. The lowest BCUT2D eigenvalue weighted by molar-refractivity contribution is -0.0271. The minimum atomic E-state index is -0.0602. The molecule has 2 heterocycles. The van der Waals surface area contributed by atoms with Crippen LogP contribution in [0.1, 0.15) is 16.9 Å². The summed E-state index contributed by atoms with van der Waals surface area (Å²) in [5.41, 5.74) is 1.10. The number of halogens is 1. The Bertz CT molecular complexity index is 735. The van der Waals surface area contributed by atoms with E-state index in [0.717, 1.165) is 18.4 Å². The summed E-state index contributed by atoms with van der Waals surface area (Å²) in [6.07, 6.45) is 0.988. The van der Waals surface area contributed by atoms with Crippen molar-refractivity contribution in [2.45, 2.75) is 12.5 Å². The molecule has 1 atom stereocenters. The number of rotatable bonds is 4. The Balaban J connectivity index is 1.74. The quantitative estimate of drug-likeness (QED) is 0.853. The number of amides is 1. The summed E-state index contributed by atoms with van der Waals surface area (Å²) in [6, 6.07) is 9.27. The fourth-order valence-corrected chi connectivity index (χ4v) is 3.10. The van der Waals surface area contributed by atoms with Crippen molar-refractivity contribution >= 4 is 28.4 Å². The maximum absolute atomic E-state index is 12.8. The van der Waals surface area contributed by atoms with Crippen molar-refractivity contribution in [2.24, 2.45) is 0 Å². The second-order valence-electron chi connectivity index (χ2n) is 6.34.